The molecule has 0 aromatic carbocycles. The number of hydrogen-bond acceptors (Lipinski definition) is 2. The standard InChI is InChI=1S/C14H22N2/c1-11-5-3-4-6-14(11)16-12(2)13-7-9-15-10-8-13/h7-12,14,16H,3-6H2,1-2H3/t11?,12-,14?/m1/s1. The molecule has 2 rings (SSSR count). The van der Waals surface area contributed by atoms with Crippen LogP contribution in [0.1, 0.15) is 51.1 Å². The van der Waals surface area contributed by atoms with Gasteiger partial charge in [-0.3, -0.25) is 4.98 Å². The second kappa shape index (κ2) is 5.44. The summed E-state index contributed by atoms with van der Waals surface area (Å²) in [6.07, 6.45) is 9.24. The molecule has 0 amide bonds. The molecule has 0 aliphatic heterocycles. The maximum atomic E-state index is 4.06. The fourth-order valence-electron chi connectivity index (χ4n) is 2.63. The van der Waals surface area contributed by atoms with E-state index in [-0.39, 0.29) is 0 Å². The normalized spacial score (nSPS) is 27.6. The molecule has 1 heterocycles. The Bertz CT molecular complexity index is 310. The second-order valence-electron chi connectivity index (χ2n) is 5.04. The van der Waals surface area contributed by atoms with Gasteiger partial charge in [-0.15, -0.1) is 0 Å². The highest BCUT2D eigenvalue weighted by atomic mass is 15.0. The molecule has 1 aliphatic carbocycles. The summed E-state index contributed by atoms with van der Waals surface area (Å²) in [5.41, 5.74) is 1.34. The van der Waals surface area contributed by atoms with E-state index in [1.165, 1.54) is 31.2 Å². The van der Waals surface area contributed by atoms with Gasteiger partial charge < -0.3 is 5.32 Å². The third-order valence-corrected chi connectivity index (χ3v) is 3.78. The SMILES string of the molecule is CC1CCCCC1N[C@H](C)c1ccncc1. The fourth-order valence-corrected chi connectivity index (χ4v) is 2.63. The molecule has 2 heteroatoms. The third kappa shape index (κ3) is 2.82. The van der Waals surface area contributed by atoms with E-state index >= 15 is 0 Å². The summed E-state index contributed by atoms with van der Waals surface area (Å²) in [5, 5.41) is 3.76. The van der Waals surface area contributed by atoms with Crippen molar-refractivity contribution in [1.82, 2.24) is 10.3 Å². The van der Waals surface area contributed by atoms with E-state index in [0.717, 1.165) is 5.92 Å². The Morgan fingerprint density at radius 3 is 2.62 bits per heavy atom. The van der Waals surface area contributed by atoms with Gasteiger partial charge in [0.2, 0.25) is 0 Å². The van der Waals surface area contributed by atoms with Crippen LogP contribution in [0, 0.1) is 5.92 Å². The summed E-state index contributed by atoms with van der Waals surface area (Å²) in [5.74, 6) is 0.818. The Hall–Kier alpha value is -0.890. The predicted molar refractivity (Wildman–Crippen MR) is 67.2 cm³/mol. The second-order valence-corrected chi connectivity index (χ2v) is 5.04. The highest BCUT2D eigenvalue weighted by Crippen LogP contribution is 2.26. The van der Waals surface area contributed by atoms with E-state index in [0.29, 0.717) is 12.1 Å². The number of pyridine rings is 1. The van der Waals surface area contributed by atoms with Crippen LogP contribution in [0.25, 0.3) is 0 Å². The maximum Gasteiger partial charge on any atom is 0.0295 e. The Kier molecular flexibility index (Phi) is 3.94. The molecule has 1 N–H and O–H groups in total. The number of hydrogen-bond donors (Lipinski definition) is 1. The van der Waals surface area contributed by atoms with Gasteiger partial charge in [0.15, 0.2) is 0 Å². The Balaban J connectivity index is 1.94. The molecule has 0 radical (unpaired) electrons. The molecule has 1 aromatic rings. The van der Waals surface area contributed by atoms with Crippen molar-refractivity contribution in [3.05, 3.63) is 30.1 Å². The van der Waals surface area contributed by atoms with Crippen molar-refractivity contribution in [3.63, 3.8) is 0 Å². The molecule has 16 heavy (non-hydrogen) atoms. The van der Waals surface area contributed by atoms with Crippen LogP contribution in [0.3, 0.4) is 0 Å². The minimum absolute atomic E-state index is 0.438. The van der Waals surface area contributed by atoms with Crippen molar-refractivity contribution in [1.29, 1.82) is 0 Å². The quantitative estimate of drug-likeness (QED) is 0.842. The minimum atomic E-state index is 0.438. The summed E-state index contributed by atoms with van der Waals surface area (Å²) in [6, 6.07) is 5.33. The molecule has 1 saturated carbocycles. The smallest absolute Gasteiger partial charge is 0.0295 e. The monoisotopic (exact) mass is 218 g/mol. The summed E-state index contributed by atoms with van der Waals surface area (Å²) < 4.78 is 0. The number of aromatic nitrogens is 1. The molecular weight excluding hydrogens is 196 g/mol. The van der Waals surface area contributed by atoms with Crippen LogP contribution in [0.2, 0.25) is 0 Å². The van der Waals surface area contributed by atoms with Gasteiger partial charge in [-0.1, -0.05) is 19.8 Å². The van der Waals surface area contributed by atoms with Crippen LogP contribution in [0.15, 0.2) is 24.5 Å². The minimum Gasteiger partial charge on any atom is -0.307 e. The molecule has 1 fully saturated rings. The number of rotatable bonds is 3. The van der Waals surface area contributed by atoms with Crippen LogP contribution in [-0.2, 0) is 0 Å². The Morgan fingerprint density at radius 1 is 1.25 bits per heavy atom. The van der Waals surface area contributed by atoms with Gasteiger partial charge >= 0.3 is 0 Å². The molecule has 0 saturated heterocycles. The van der Waals surface area contributed by atoms with Crippen molar-refractivity contribution in [3.8, 4) is 0 Å². The zero-order valence-electron chi connectivity index (χ0n) is 10.3. The zero-order valence-corrected chi connectivity index (χ0v) is 10.3. The van der Waals surface area contributed by atoms with Gasteiger partial charge in [0.25, 0.3) is 0 Å². The Labute approximate surface area is 98.5 Å². The topological polar surface area (TPSA) is 24.9 Å². The first-order valence-corrected chi connectivity index (χ1v) is 6.43. The molecule has 0 bridgehead atoms. The molecule has 1 aromatic heterocycles. The lowest BCUT2D eigenvalue weighted by Crippen LogP contribution is -2.38. The molecule has 2 nitrogen and oxygen atoms in total. The molecule has 0 spiro atoms. The fraction of sp³-hybridized carbons (Fsp3) is 0.643. The van der Waals surface area contributed by atoms with Gasteiger partial charge in [-0.2, -0.15) is 0 Å². The highest BCUT2D eigenvalue weighted by Gasteiger charge is 2.22. The first kappa shape index (κ1) is 11.6. The summed E-state index contributed by atoms with van der Waals surface area (Å²) in [7, 11) is 0. The van der Waals surface area contributed by atoms with E-state index in [1.807, 2.05) is 12.4 Å². The third-order valence-electron chi connectivity index (χ3n) is 3.78. The van der Waals surface area contributed by atoms with Crippen LogP contribution in [0.4, 0.5) is 0 Å². The summed E-state index contributed by atoms with van der Waals surface area (Å²) in [6.45, 7) is 4.62. The van der Waals surface area contributed by atoms with Crippen molar-refractivity contribution in [2.24, 2.45) is 5.92 Å². The lowest BCUT2D eigenvalue weighted by Gasteiger charge is -2.32. The van der Waals surface area contributed by atoms with Gasteiger partial charge in [0.1, 0.15) is 0 Å². The van der Waals surface area contributed by atoms with E-state index < -0.39 is 0 Å². The maximum absolute atomic E-state index is 4.06. The number of nitrogens with one attached hydrogen (secondary N) is 1. The first-order chi connectivity index (χ1) is 7.77. The number of nitrogens with zero attached hydrogens (tertiary/aromatic N) is 1. The van der Waals surface area contributed by atoms with Gasteiger partial charge in [-0.05, 0) is 43.4 Å². The highest BCUT2D eigenvalue weighted by molar-refractivity contribution is 5.14. The van der Waals surface area contributed by atoms with Gasteiger partial charge in [0, 0.05) is 24.5 Å². The average Bonchev–Trinajstić information content (AvgIpc) is 2.33. The van der Waals surface area contributed by atoms with E-state index in [9.17, 15) is 0 Å². The van der Waals surface area contributed by atoms with Gasteiger partial charge in [0.05, 0.1) is 0 Å². The molecule has 2 unspecified atom stereocenters. The van der Waals surface area contributed by atoms with Crippen molar-refractivity contribution in [2.75, 3.05) is 0 Å². The van der Waals surface area contributed by atoms with Crippen molar-refractivity contribution >= 4 is 0 Å². The largest absolute Gasteiger partial charge is 0.307 e. The lowest BCUT2D eigenvalue weighted by atomic mass is 9.85. The zero-order chi connectivity index (χ0) is 11.4. The first-order valence-electron chi connectivity index (χ1n) is 6.43. The molecule has 88 valence electrons. The van der Waals surface area contributed by atoms with Crippen LogP contribution >= 0.6 is 0 Å². The molecular formula is C14H22N2. The van der Waals surface area contributed by atoms with Crippen LogP contribution in [-0.4, -0.2) is 11.0 Å². The lowest BCUT2D eigenvalue weighted by molar-refractivity contribution is 0.263. The van der Waals surface area contributed by atoms with Crippen LogP contribution in [0.5, 0.6) is 0 Å². The van der Waals surface area contributed by atoms with E-state index in [2.05, 4.69) is 36.3 Å². The van der Waals surface area contributed by atoms with Crippen molar-refractivity contribution in [2.45, 2.75) is 51.6 Å². The van der Waals surface area contributed by atoms with Crippen LogP contribution < -0.4 is 5.32 Å². The van der Waals surface area contributed by atoms with Gasteiger partial charge in [-0.25, -0.2) is 0 Å². The van der Waals surface area contributed by atoms with E-state index in [1.54, 1.807) is 0 Å². The predicted octanol–water partition coefficient (Wildman–Crippen LogP) is 3.31. The Morgan fingerprint density at radius 2 is 1.94 bits per heavy atom. The van der Waals surface area contributed by atoms with E-state index in [4.69, 9.17) is 0 Å². The molecule has 3 atom stereocenters. The summed E-state index contributed by atoms with van der Waals surface area (Å²) >= 11 is 0. The molecule has 1 aliphatic rings. The summed E-state index contributed by atoms with van der Waals surface area (Å²) in [4.78, 5) is 4.06. The average molecular weight is 218 g/mol. The van der Waals surface area contributed by atoms with Crippen molar-refractivity contribution < 1.29 is 0 Å².